The van der Waals surface area contributed by atoms with Crippen LogP contribution in [0, 0.1) is 11.8 Å². The van der Waals surface area contributed by atoms with E-state index in [-0.39, 0.29) is 0 Å². The van der Waals surface area contributed by atoms with E-state index >= 15 is 0 Å². The van der Waals surface area contributed by atoms with Crippen LogP contribution in [0.5, 0.6) is 0 Å². The average Bonchev–Trinajstić information content (AvgIpc) is 2.04. The molecule has 0 aromatic rings. The van der Waals surface area contributed by atoms with Gasteiger partial charge in [-0.25, -0.2) is 0 Å². The van der Waals surface area contributed by atoms with E-state index in [0.29, 0.717) is 5.38 Å². The monoisotopic (exact) mass is 202 g/mol. The van der Waals surface area contributed by atoms with Gasteiger partial charge in [-0.3, -0.25) is 0 Å². The van der Waals surface area contributed by atoms with E-state index in [1.54, 1.807) is 0 Å². The zero-order chi connectivity index (χ0) is 9.68. The molecule has 1 heteroatoms. The summed E-state index contributed by atoms with van der Waals surface area (Å²) >= 11 is 6.17. The summed E-state index contributed by atoms with van der Waals surface area (Å²) in [6, 6.07) is 0. The van der Waals surface area contributed by atoms with Crippen molar-refractivity contribution in [1.29, 1.82) is 0 Å². The quantitative estimate of drug-likeness (QED) is 0.584. The Hall–Kier alpha value is 0.290. The van der Waals surface area contributed by atoms with Crippen molar-refractivity contribution in [2.75, 3.05) is 0 Å². The van der Waals surface area contributed by atoms with Gasteiger partial charge in [-0.1, -0.05) is 39.5 Å². The molecule has 3 unspecified atom stereocenters. The van der Waals surface area contributed by atoms with E-state index in [9.17, 15) is 0 Å². The van der Waals surface area contributed by atoms with Crippen LogP contribution in [0.25, 0.3) is 0 Å². The van der Waals surface area contributed by atoms with E-state index < -0.39 is 0 Å². The lowest BCUT2D eigenvalue weighted by molar-refractivity contribution is 0.291. The standard InChI is InChI=1S/C12H23Cl/c1-3-5-10(2)8-11-6-4-7-12(13)9-11/h10-12H,3-9H2,1-2H3. The predicted molar refractivity (Wildman–Crippen MR) is 60.3 cm³/mol. The number of alkyl halides is 1. The van der Waals surface area contributed by atoms with Crippen molar-refractivity contribution in [2.24, 2.45) is 11.8 Å². The maximum atomic E-state index is 6.17. The maximum absolute atomic E-state index is 6.17. The Bertz CT molecular complexity index is 133. The third-order valence-electron chi connectivity index (χ3n) is 3.24. The molecule has 13 heavy (non-hydrogen) atoms. The number of rotatable bonds is 4. The summed E-state index contributed by atoms with van der Waals surface area (Å²) in [6.45, 7) is 4.67. The Morgan fingerprint density at radius 2 is 2.15 bits per heavy atom. The molecule has 0 aromatic heterocycles. The first-order valence-corrected chi connectivity index (χ1v) is 6.30. The molecule has 1 rings (SSSR count). The summed E-state index contributed by atoms with van der Waals surface area (Å²) in [6.07, 6.45) is 9.45. The molecule has 1 aliphatic carbocycles. The summed E-state index contributed by atoms with van der Waals surface area (Å²) < 4.78 is 0. The van der Waals surface area contributed by atoms with Crippen LogP contribution in [0.15, 0.2) is 0 Å². The lowest BCUT2D eigenvalue weighted by atomic mass is 9.82. The van der Waals surface area contributed by atoms with Crippen LogP contribution >= 0.6 is 11.6 Å². The molecule has 0 spiro atoms. The van der Waals surface area contributed by atoms with Gasteiger partial charge in [0.2, 0.25) is 0 Å². The molecule has 0 bridgehead atoms. The molecule has 0 radical (unpaired) electrons. The van der Waals surface area contributed by atoms with Crippen molar-refractivity contribution >= 4 is 11.6 Å². The second kappa shape index (κ2) is 5.90. The van der Waals surface area contributed by atoms with Crippen LogP contribution in [0.4, 0.5) is 0 Å². The molecule has 0 heterocycles. The molecule has 0 aromatic carbocycles. The largest absolute Gasteiger partial charge is 0.123 e. The van der Waals surface area contributed by atoms with Crippen molar-refractivity contribution in [3.05, 3.63) is 0 Å². The van der Waals surface area contributed by atoms with Crippen LogP contribution in [-0.2, 0) is 0 Å². The van der Waals surface area contributed by atoms with Gasteiger partial charge in [0.05, 0.1) is 0 Å². The summed E-state index contributed by atoms with van der Waals surface area (Å²) in [5.74, 6) is 1.84. The lowest BCUT2D eigenvalue weighted by Crippen LogP contribution is -2.17. The number of hydrogen-bond donors (Lipinski definition) is 0. The van der Waals surface area contributed by atoms with Crippen molar-refractivity contribution in [3.8, 4) is 0 Å². The summed E-state index contributed by atoms with van der Waals surface area (Å²) in [5, 5.41) is 0.479. The molecule has 0 nitrogen and oxygen atoms in total. The Morgan fingerprint density at radius 3 is 2.77 bits per heavy atom. The van der Waals surface area contributed by atoms with Crippen molar-refractivity contribution in [1.82, 2.24) is 0 Å². The first-order chi connectivity index (χ1) is 6.22. The molecule has 1 fully saturated rings. The van der Waals surface area contributed by atoms with E-state index in [1.807, 2.05) is 0 Å². The second-order valence-electron chi connectivity index (χ2n) is 4.76. The molecule has 0 amide bonds. The second-order valence-corrected chi connectivity index (χ2v) is 5.38. The van der Waals surface area contributed by atoms with Gasteiger partial charge in [-0.15, -0.1) is 11.6 Å². The SMILES string of the molecule is CCCC(C)CC1CCCC(Cl)C1. The van der Waals surface area contributed by atoms with Crippen LogP contribution in [0.1, 0.15) is 58.8 Å². The van der Waals surface area contributed by atoms with Crippen LogP contribution in [-0.4, -0.2) is 5.38 Å². The van der Waals surface area contributed by atoms with Gasteiger partial charge in [-0.05, 0) is 31.1 Å². The Kier molecular flexibility index (Phi) is 5.16. The zero-order valence-corrected chi connectivity index (χ0v) is 9.82. The first-order valence-electron chi connectivity index (χ1n) is 5.86. The molecule has 0 N–H and O–H groups in total. The van der Waals surface area contributed by atoms with E-state index in [0.717, 1.165) is 11.8 Å². The number of halogens is 1. The number of hydrogen-bond acceptors (Lipinski definition) is 0. The fraction of sp³-hybridized carbons (Fsp3) is 1.00. The molecule has 0 aliphatic heterocycles. The van der Waals surface area contributed by atoms with Crippen LogP contribution < -0.4 is 0 Å². The molecular formula is C12H23Cl. The van der Waals surface area contributed by atoms with E-state index in [4.69, 9.17) is 11.6 Å². The third kappa shape index (κ3) is 4.35. The molecule has 3 atom stereocenters. The molecule has 1 aliphatic rings. The fourth-order valence-corrected chi connectivity index (χ4v) is 3.03. The van der Waals surface area contributed by atoms with Gasteiger partial charge in [-0.2, -0.15) is 0 Å². The Labute approximate surface area is 88.1 Å². The lowest BCUT2D eigenvalue weighted by Gasteiger charge is -2.27. The van der Waals surface area contributed by atoms with Gasteiger partial charge in [0, 0.05) is 5.38 Å². The van der Waals surface area contributed by atoms with Gasteiger partial charge >= 0.3 is 0 Å². The maximum Gasteiger partial charge on any atom is 0.0338 e. The average molecular weight is 203 g/mol. The van der Waals surface area contributed by atoms with Gasteiger partial charge in [0.15, 0.2) is 0 Å². The molecule has 1 saturated carbocycles. The highest BCUT2D eigenvalue weighted by Gasteiger charge is 2.21. The fourth-order valence-electron chi connectivity index (χ4n) is 2.62. The predicted octanol–water partition coefficient (Wildman–Crippen LogP) is 4.61. The summed E-state index contributed by atoms with van der Waals surface area (Å²) in [4.78, 5) is 0. The molecule has 0 saturated heterocycles. The van der Waals surface area contributed by atoms with Crippen LogP contribution in [0.2, 0.25) is 0 Å². The normalized spacial score (nSPS) is 31.6. The third-order valence-corrected chi connectivity index (χ3v) is 3.63. The highest BCUT2D eigenvalue weighted by molar-refractivity contribution is 6.20. The topological polar surface area (TPSA) is 0 Å². The summed E-state index contributed by atoms with van der Waals surface area (Å²) in [7, 11) is 0. The summed E-state index contributed by atoms with van der Waals surface area (Å²) in [5.41, 5.74) is 0. The minimum Gasteiger partial charge on any atom is -0.123 e. The Morgan fingerprint density at radius 1 is 1.38 bits per heavy atom. The molecular weight excluding hydrogens is 180 g/mol. The van der Waals surface area contributed by atoms with E-state index in [2.05, 4.69) is 13.8 Å². The highest BCUT2D eigenvalue weighted by atomic mass is 35.5. The van der Waals surface area contributed by atoms with Crippen LogP contribution in [0.3, 0.4) is 0 Å². The first kappa shape index (κ1) is 11.4. The van der Waals surface area contributed by atoms with E-state index in [1.165, 1.54) is 44.9 Å². The van der Waals surface area contributed by atoms with Crippen molar-refractivity contribution in [2.45, 2.75) is 64.2 Å². The smallest absolute Gasteiger partial charge is 0.0338 e. The highest BCUT2D eigenvalue weighted by Crippen LogP contribution is 2.32. The zero-order valence-electron chi connectivity index (χ0n) is 9.06. The van der Waals surface area contributed by atoms with Gasteiger partial charge < -0.3 is 0 Å². The van der Waals surface area contributed by atoms with Gasteiger partial charge in [0.1, 0.15) is 0 Å². The molecule has 78 valence electrons. The van der Waals surface area contributed by atoms with Gasteiger partial charge in [0.25, 0.3) is 0 Å². The minimum absolute atomic E-state index is 0.479. The van der Waals surface area contributed by atoms with Crippen molar-refractivity contribution in [3.63, 3.8) is 0 Å². The van der Waals surface area contributed by atoms with Crippen molar-refractivity contribution < 1.29 is 0 Å². The minimum atomic E-state index is 0.479. The Balaban J connectivity index is 2.19.